The number of carbonyl (C=O) groups is 2. The summed E-state index contributed by atoms with van der Waals surface area (Å²) in [5, 5.41) is 17.3. The normalized spacial score (nSPS) is 19.4. The Balaban J connectivity index is 1.26. The van der Waals surface area contributed by atoms with E-state index in [9.17, 15) is 32.7 Å². The van der Waals surface area contributed by atoms with Crippen LogP contribution in [0.25, 0.3) is 11.4 Å². The van der Waals surface area contributed by atoms with Gasteiger partial charge in [0.25, 0.3) is 11.5 Å². The SMILES string of the molecule is Cc1ncnc(C(=O)N2CCN(c3c4n(c5nc(C6=CCOCC6)nn5c3=O)[C@H](C(=O)Nc3ccc(C(F)(F)F)cc3Cl)C[C@H]4C)CC2)c1O. The second-order valence-electron chi connectivity index (χ2n) is 12.4. The summed E-state index contributed by atoms with van der Waals surface area (Å²) < 4.78 is 48.0. The molecule has 1 aromatic carbocycles. The number of ether oxygens (including phenoxy) is 1. The van der Waals surface area contributed by atoms with E-state index in [0.717, 1.165) is 23.8 Å². The molecule has 0 aliphatic carbocycles. The highest BCUT2D eigenvalue weighted by Gasteiger charge is 2.41. The van der Waals surface area contributed by atoms with E-state index >= 15 is 0 Å². The number of carbonyl (C=O) groups excluding carboxylic acids is 2. The first-order valence-electron chi connectivity index (χ1n) is 15.9. The first kappa shape index (κ1) is 33.5. The van der Waals surface area contributed by atoms with Crippen LogP contribution < -0.4 is 15.8 Å². The van der Waals surface area contributed by atoms with E-state index in [1.807, 2.05) is 17.9 Å². The van der Waals surface area contributed by atoms with Crippen LogP contribution in [0, 0.1) is 6.92 Å². The molecule has 1 fully saturated rings. The zero-order valence-electron chi connectivity index (χ0n) is 26.9. The first-order chi connectivity index (χ1) is 23.8. The smallest absolute Gasteiger partial charge is 0.416 e. The second kappa shape index (κ2) is 12.7. The predicted molar refractivity (Wildman–Crippen MR) is 174 cm³/mol. The van der Waals surface area contributed by atoms with Crippen molar-refractivity contribution in [2.45, 2.75) is 44.8 Å². The van der Waals surface area contributed by atoms with Crippen LogP contribution in [0.4, 0.5) is 24.5 Å². The number of anilines is 2. The molecule has 7 rings (SSSR count). The summed E-state index contributed by atoms with van der Waals surface area (Å²) in [7, 11) is 0. The first-order valence-corrected chi connectivity index (χ1v) is 16.3. The van der Waals surface area contributed by atoms with Gasteiger partial charge in [0, 0.05) is 32.1 Å². The van der Waals surface area contributed by atoms with Crippen LogP contribution in [0.3, 0.4) is 0 Å². The van der Waals surface area contributed by atoms with Gasteiger partial charge in [0.05, 0.1) is 40.9 Å². The largest absolute Gasteiger partial charge is 0.504 e. The van der Waals surface area contributed by atoms with Gasteiger partial charge in [-0.05, 0) is 43.5 Å². The molecule has 3 aromatic heterocycles. The van der Waals surface area contributed by atoms with Crippen molar-refractivity contribution in [3.8, 4) is 5.75 Å². The van der Waals surface area contributed by atoms with Crippen LogP contribution in [0.1, 0.15) is 65.0 Å². The van der Waals surface area contributed by atoms with Gasteiger partial charge in [0.2, 0.25) is 11.7 Å². The maximum absolute atomic E-state index is 14.3. The van der Waals surface area contributed by atoms with Crippen molar-refractivity contribution >= 4 is 46.1 Å². The summed E-state index contributed by atoms with van der Waals surface area (Å²) in [5.74, 6) is -1.19. The monoisotopic (exact) mass is 713 g/mol. The standard InChI is InChI=1S/C32H31ClF3N9O5/c1-16-13-22(28(47)39-21-4-3-19(14-20(21)33)32(34,35)36)44-24(16)25(30(49)45-31(44)40-27(41-45)18-5-11-50-12-6-18)42-7-9-43(10-8-42)29(48)23-26(46)17(2)37-15-38-23/h3-5,14-16,22,46H,6-13H2,1-2H3,(H,39,47)/t16-,22+/m1/s1. The molecular weight excluding hydrogens is 683 g/mol. The zero-order valence-corrected chi connectivity index (χ0v) is 27.6. The van der Waals surface area contributed by atoms with Crippen LogP contribution >= 0.6 is 11.6 Å². The van der Waals surface area contributed by atoms with Crippen LogP contribution in [-0.2, 0) is 15.7 Å². The average Bonchev–Trinajstić information content (AvgIpc) is 3.69. The molecule has 2 amide bonds. The Hall–Kier alpha value is -5.03. The lowest BCUT2D eigenvalue weighted by atomic mass is 10.0. The number of rotatable bonds is 5. The van der Waals surface area contributed by atoms with E-state index in [-0.39, 0.29) is 72.1 Å². The van der Waals surface area contributed by atoms with Crippen LogP contribution in [0.2, 0.25) is 5.02 Å². The maximum atomic E-state index is 14.3. The van der Waals surface area contributed by atoms with E-state index in [4.69, 9.17) is 21.3 Å². The van der Waals surface area contributed by atoms with Gasteiger partial charge >= 0.3 is 6.18 Å². The number of piperazine rings is 1. The van der Waals surface area contributed by atoms with Crippen molar-refractivity contribution in [3.05, 3.63) is 74.4 Å². The molecule has 18 heteroatoms. The van der Waals surface area contributed by atoms with Crippen molar-refractivity contribution < 1.29 is 32.6 Å². The molecule has 50 heavy (non-hydrogen) atoms. The van der Waals surface area contributed by atoms with Gasteiger partial charge in [0.15, 0.2) is 17.3 Å². The van der Waals surface area contributed by atoms with Gasteiger partial charge in [-0.1, -0.05) is 24.6 Å². The fraction of sp³-hybridized carbons (Fsp3) is 0.406. The number of amides is 2. The molecule has 4 aromatic rings. The molecule has 0 radical (unpaired) electrons. The minimum absolute atomic E-state index is 0.00304. The van der Waals surface area contributed by atoms with E-state index < -0.39 is 35.2 Å². The third kappa shape index (κ3) is 5.83. The summed E-state index contributed by atoms with van der Waals surface area (Å²) in [4.78, 5) is 57.4. The molecule has 262 valence electrons. The Labute approximate surface area is 287 Å². The van der Waals surface area contributed by atoms with Crippen LogP contribution in [0.5, 0.6) is 5.75 Å². The number of benzene rings is 1. The Morgan fingerprint density at radius 2 is 1.90 bits per heavy atom. The van der Waals surface area contributed by atoms with Crippen LogP contribution in [0.15, 0.2) is 35.4 Å². The molecular formula is C32H31ClF3N9O5. The Morgan fingerprint density at radius 1 is 1.14 bits per heavy atom. The molecule has 14 nitrogen and oxygen atoms in total. The molecule has 0 saturated carbocycles. The van der Waals surface area contributed by atoms with Gasteiger partial charge in [-0.25, -0.2) is 9.97 Å². The number of alkyl halides is 3. The third-order valence-corrected chi connectivity index (χ3v) is 9.57. The topological polar surface area (TPSA) is 160 Å². The maximum Gasteiger partial charge on any atom is 0.416 e. The number of nitrogens with zero attached hydrogens (tertiary/aromatic N) is 8. The summed E-state index contributed by atoms with van der Waals surface area (Å²) in [6.07, 6.45) is -0.795. The molecule has 0 unspecified atom stereocenters. The van der Waals surface area contributed by atoms with Crippen molar-refractivity contribution in [2.24, 2.45) is 0 Å². The number of nitrogens with one attached hydrogen (secondary N) is 1. The average molecular weight is 714 g/mol. The fourth-order valence-corrected chi connectivity index (χ4v) is 6.89. The quantitative estimate of drug-likeness (QED) is 0.311. The zero-order chi connectivity index (χ0) is 35.5. The summed E-state index contributed by atoms with van der Waals surface area (Å²) in [6.45, 7) is 5.16. The highest BCUT2D eigenvalue weighted by atomic mass is 35.5. The van der Waals surface area contributed by atoms with Crippen molar-refractivity contribution in [1.29, 1.82) is 0 Å². The van der Waals surface area contributed by atoms with Crippen LogP contribution in [-0.4, -0.2) is 90.3 Å². The predicted octanol–water partition coefficient (Wildman–Crippen LogP) is 3.82. The van der Waals surface area contributed by atoms with E-state index in [1.165, 1.54) is 15.7 Å². The minimum atomic E-state index is -4.61. The fourth-order valence-electron chi connectivity index (χ4n) is 6.66. The molecule has 3 aliphatic heterocycles. The lowest BCUT2D eigenvalue weighted by Crippen LogP contribution is -2.51. The van der Waals surface area contributed by atoms with Gasteiger partial charge in [-0.2, -0.15) is 22.7 Å². The van der Waals surface area contributed by atoms with Crippen molar-refractivity contribution in [3.63, 3.8) is 0 Å². The Morgan fingerprint density at radius 3 is 2.58 bits per heavy atom. The summed E-state index contributed by atoms with van der Waals surface area (Å²) in [6, 6.07) is 1.77. The minimum Gasteiger partial charge on any atom is -0.504 e. The molecule has 1 saturated heterocycles. The van der Waals surface area contributed by atoms with Gasteiger partial charge in [-0.3, -0.25) is 19.0 Å². The summed E-state index contributed by atoms with van der Waals surface area (Å²) >= 11 is 6.18. The molecule has 2 atom stereocenters. The highest BCUT2D eigenvalue weighted by Crippen LogP contribution is 2.42. The second-order valence-corrected chi connectivity index (χ2v) is 12.8. The number of aromatic nitrogens is 6. The van der Waals surface area contributed by atoms with E-state index in [2.05, 4.69) is 20.4 Å². The van der Waals surface area contributed by atoms with Gasteiger partial charge in [0.1, 0.15) is 18.1 Å². The molecule has 0 bridgehead atoms. The van der Waals surface area contributed by atoms with E-state index in [1.54, 1.807) is 11.5 Å². The Bertz CT molecular complexity index is 2120. The third-order valence-electron chi connectivity index (χ3n) is 9.26. The Kier molecular flexibility index (Phi) is 8.50. The molecule has 3 aliphatic rings. The lowest BCUT2D eigenvalue weighted by Gasteiger charge is -2.36. The lowest BCUT2D eigenvalue weighted by molar-refractivity contribution is -0.137. The van der Waals surface area contributed by atoms with Gasteiger partial charge < -0.3 is 25.0 Å². The van der Waals surface area contributed by atoms with Gasteiger partial charge in [-0.15, -0.1) is 5.10 Å². The number of hydrogen-bond acceptors (Lipinski definition) is 10. The molecule has 6 heterocycles. The molecule has 2 N–H and O–H groups in total. The summed E-state index contributed by atoms with van der Waals surface area (Å²) in [5.41, 5.74) is 0.408. The molecule has 0 spiro atoms. The van der Waals surface area contributed by atoms with Crippen molar-refractivity contribution in [2.75, 3.05) is 49.6 Å². The number of aromatic hydroxyl groups is 1. The van der Waals surface area contributed by atoms with Crippen molar-refractivity contribution in [1.82, 2.24) is 34.0 Å². The number of halogens is 4. The number of hydrogen-bond donors (Lipinski definition) is 2. The van der Waals surface area contributed by atoms with E-state index in [0.29, 0.717) is 36.8 Å². The number of fused-ring (bicyclic) bond motifs is 3. The highest BCUT2D eigenvalue weighted by molar-refractivity contribution is 6.33. The number of aryl methyl sites for hydroxylation is 1.